The molecule has 0 aromatic heterocycles. The number of hydrogen-bond acceptors (Lipinski definition) is 4. The predicted molar refractivity (Wildman–Crippen MR) is 119 cm³/mol. The van der Waals surface area contributed by atoms with Gasteiger partial charge in [0.05, 0.1) is 22.8 Å². The number of carbonyl (C=O) groups excluding carboxylic acids is 1. The van der Waals surface area contributed by atoms with Gasteiger partial charge in [-0.3, -0.25) is 0 Å². The molecule has 1 fully saturated rings. The molecule has 0 heterocycles. The van der Waals surface area contributed by atoms with Gasteiger partial charge in [-0.1, -0.05) is 25.3 Å². The first kappa shape index (κ1) is 27.6. The normalized spacial score (nSPS) is 14.7. The summed E-state index contributed by atoms with van der Waals surface area (Å²) in [6.45, 7) is -1.55. The summed E-state index contributed by atoms with van der Waals surface area (Å²) in [5.41, 5.74) is -1.38. The van der Waals surface area contributed by atoms with Crippen LogP contribution in [-0.4, -0.2) is 33.8 Å². The Bertz CT molecular complexity index is 1180. The highest BCUT2D eigenvalue weighted by Crippen LogP contribution is 2.33. The number of anilines is 2. The predicted octanol–water partition coefficient (Wildman–Crippen LogP) is 5.76. The van der Waals surface area contributed by atoms with E-state index in [0.717, 1.165) is 43.5 Å². The number of alkyl halides is 6. The highest BCUT2D eigenvalue weighted by atomic mass is 32.2. The molecule has 1 saturated carbocycles. The molecule has 198 valence electrons. The summed E-state index contributed by atoms with van der Waals surface area (Å²) in [6.07, 6.45) is -5.50. The lowest BCUT2D eigenvalue weighted by molar-refractivity contribution is -0.137. The van der Waals surface area contributed by atoms with Crippen LogP contribution in [0.1, 0.15) is 31.2 Å². The molecule has 0 unspecified atom stereocenters. The fraction of sp³-hybridized carbons (Fsp3) is 0.409. The van der Waals surface area contributed by atoms with Gasteiger partial charge >= 0.3 is 18.4 Å². The first-order valence-corrected chi connectivity index (χ1v) is 12.3. The van der Waals surface area contributed by atoms with Crippen molar-refractivity contribution in [3.8, 4) is 5.75 Å². The van der Waals surface area contributed by atoms with Gasteiger partial charge in [-0.25, -0.2) is 17.9 Å². The Morgan fingerprint density at radius 1 is 1.00 bits per heavy atom. The smallest absolute Gasteiger partial charge is 0.416 e. The van der Waals surface area contributed by atoms with Crippen molar-refractivity contribution in [2.75, 3.05) is 23.8 Å². The zero-order valence-electron chi connectivity index (χ0n) is 18.7. The van der Waals surface area contributed by atoms with E-state index >= 15 is 0 Å². The Hall–Kier alpha value is -3.00. The van der Waals surface area contributed by atoms with Crippen LogP contribution in [0, 0.1) is 5.92 Å². The molecule has 0 bridgehead atoms. The molecule has 3 rings (SSSR count). The zero-order valence-corrected chi connectivity index (χ0v) is 19.5. The van der Waals surface area contributed by atoms with Crippen molar-refractivity contribution < 1.29 is 44.3 Å². The number of urea groups is 1. The molecular weight excluding hydrogens is 516 g/mol. The van der Waals surface area contributed by atoms with Gasteiger partial charge in [0.2, 0.25) is 10.0 Å². The van der Waals surface area contributed by atoms with Crippen molar-refractivity contribution in [2.24, 2.45) is 5.92 Å². The molecule has 0 atom stereocenters. The van der Waals surface area contributed by atoms with Crippen molar-refractivity contribution in [3.63, 3.8) is 0 Å². The maximum absolute atomic E-state index is 12.9. The van der Waals surface area contributed by atoms with Crippen molar-refractivity contribution >= 4 is 27.4 Å². The molecule has 2 aromatic rings. The lowest BCUT2D eigenvalue weighted by Gasteiger charge is -2.25. The van der Waals surface area contributed by atoms with Gasteiger partial charge in [-0.2, -0.15) is 26.3 Å². The van der Waals surface area contributed by atoms with Gasteiger partial charge in [0.15, 0.2) is 0 Å². The van der Waals surface area contributed by atoms with E-state index in [2.05, 4.69) is 10.6 Å². The fourth-order valence-electron chi connectivity index (χ4n) is 3.33. The van der Waals surface area contributed by atoms with Gasteiger partial charge in [-0.15, -0.1) is 0 Å². The number of carbonyl (C=O) groups is 1. The van der Waals surface area contributed by atoms with Crippen molar-refractivity contribution in [2.45, 2.75) is 42.9 Å². The second-order valence-corrected chi connectivity index (χ2v) is 9.96. The van der Waals surface area contributed by atoms with Gasteiger partial charge in [0.1, 0.15) is 12.3 Å². The summed E-state index contributed by atoms with van der Waals surface area (Å²) in [7, 11) is -4.60. The van der Waals surface area contributed by atoms with Crippen LogP contribution in [0.25, 0.3) is 0 Å². The average Bonchev–Trinajstić information content (AvgIpc) is 2.74. The summed E-state index contributed by atoms with van der Waals surface area (Å²) in [5.74, 6) is 0.528. The van der Waals surface area contributed by atoms with E-state index in [0.29, 0.717) is 18.4 Å². The third-order valence-corrected chi connectivity index (χ3v) is 6.83. The molecule has 1 aliphatic rings. The Morgan fingerprint density at radius 3 is 2.33 bits per heavy atom. The first-order chi connectivity index (χ1) is 16.7. The molecular formula is C22H23F6N3O4S. The highest BCUT2D eigenvalue weighted by molar-refractivity contribution is 7.89. The van der Waals surface area contributed by atoms with Crippen LogP contribution in [0.2, 0.25) is 0 Å². The van der Waals surface area contributed by atoms with E-state index in [-0.39, 0.29) is 23.7 Å². The molecule has 0 aliphatic heterocycles. The standard InChI is InChI=1S/C22H23F6N3O4S/c23-21(24,25)13-29-36(33,34)17-7-8-19(35-10-9-14-3-1-4-14)18(12-17)31-20(32)30-16-6-2-5-15(11-16)22(26,27)28/h2,5-8,11-12,14,29H,1,3-4,9-10,13H2,(H2,30,31,32). The number of benzene rings is 2. The maximum atomic E-state index is 12.9. The molecule has 1 aliphatic carbocycles. The average molecular weight is 539 g/mol. The molecule has 2 aromatic carbocycles. The van der Waals surface area contributed by atoms with Crippen molar-refractivity contribution in [1.82, 2.24) is 4.72 Å². The lowest BCUT2D eigenvalue weighted by atomic mass is 9.83. The number of rotatable bonds is 9. The first-order valence-electron chi connectivity index (χ1n) is 10.8. The monoisotopic (exact) mass is 539 g/mol. The van der Waals surface area contributed by atoms with E-state index in [1.54, 1.807) is 0 Å². The molecule has 0 spiro atoms. The van der Waals surface area contributed by atoms with Gasteiger partial charge < -0.3 is 15.4 Å². The fourth-order valence-corrected chi connectivity index (χ4v) is 4.38. The van der Waals surface area contributed by atoms with Crippen LogP contribution < -0.4 is 20.1 Å². The Morgan fingerprint density at radius 2 is 1.72 bits per heavy atom. The van der Waals surface area contributed by atoms with E-state index in [1.165, 1.54) is 16.9 Å². The third-order valence-electron chi connectivity index (χ3n) is 5.43. The van der Waals surface area contributed by atoms with Crippen molar-refractivity contribution in [3.05, 3.63) is 48.0 Å². The topological polar surface area (TPSA) is 96.5 Å². The summed E-state index contributed by atoms with van der Waals surface area (Å²) >= 11 is 0. The Labute approximate surface area is 203 Å². The number of nitrogens with one attached hydrogen (secondary N) is 3. The van der Waals surface area contributed by atoms with Crippen LogP contribution in [-0.2, 0) is 16.2 Å². The minimum atomic E-state index is -4.79. The minimum absolute atomic E-state index is 0.0447. The lowest BCUT2D eigenvalue weighted by Crippen LogP contribution is -2.33. The molecule has 2 amide bonds. The van der Waals surface area contributed by atoms with E-state index < -0.39 is 45.4 Å². The molecule has 7 nitrogen and oxygen atoms in total. The van der Waals surface area contributed by atoms with Gasteiger partial charge in [0, 0.05) is 5.69 Å². The number of halogens is 6. The molecule has 0 radical (unpaired) electrons. The number of amides is 2. The summed E-state index contributed by atoms with van der Waals surface area (Å²) in [4.78, 5) is 11.9. The summed E-state index contributed by atoms with van der Waals surface area (Å²) in [5, 5.41) is 4.50. The summed E-state index contributed by atoms with van der Waals surface area (Å²) < 4.78 is 108. The largest absolute Gasteiger partial charge is 0.491 e. The minimum Gasteiger partial charge on any atom is -0.491 e. The number of sulfonamides is 1. The quantitative estimate of drug-likeness (QED) is 0.353. The zero-order chi connectivity index (χ0) is 26.6. The maximum Gasteiger partial charge on any atom is 0.416 e. The molecule has 36 heavy (non-hydrogen) atoms. The van der Waals surface area contributed by atoms with Crippen LogP contribution in [0.3, 0.4) is 0 Å². The van der Waals surface area contributed by atoms with Crippen LogP contribution in [0.15, 0.2) is 47.4 Å². The second kappa shape index (κ2) is 10.9. The van der Waals surface area contributed by atoms with Crippen LogP contribution in [0.5, 0.6) is 5.75 Å². The molecule has 14 heteroatoms. The van der Waals surface area contributed by atoms with Crippen molar-refractivity contribution in [1.29, 1.82) is 0 Å². The van der Waals surface area contributed by atoms with E-state index in [1.807, 2.05) is 0 Å². The SMILES string of the molecule is O=C(Nc1cccc(C(F)(F)F)c1)Nc1cc(S(=O)(=O)NCC(F)(F)F)ccc1OCCC1CCC1. The van der Waals surface area contributed by atoms with Gasteiger partial charge in [-0.05, 0) is 48.7 Å². The van der Waals surface area contributed by atoms with Crippen LogP contribution in [0.4, 0.5) is 42.5 Å². The highest BCUT2D eigenvalue weighted by Gasteiger charge is 2.31. The number of ether oxygens (including phenoxy) is 1. The Kier molecular flexibility index (Phi) is 8.39. The second-order valence-electron chi connectivity index (χ2n) is 8.19. The third kappa shape index (κ3) is 8.01. The number of hydrogen-bond donors (Lipinski definition) is 3. The van der Waals surface area contributed by atoms with E-state index in [9.17, 15) is 39.6 Å². The van der Waals surface area contributed by atoms with Gasteiger partial charge in [0.25, 0.3) is 0 Å². The Balaban J connectivity index is 1.79. The van der Waals surface area contributed by atoms with E-state index in [4.69, 9.17) is 4.74 Å². The molecule has 3 N–H and O–H groups in total. The summed E-state index contributed by atoms with van der Waals surface area (Å²) in [6, 6.07) is 5.92. The van der Waals surface area contributed by atoms with Crippen LogP contribution >= 0.6 is 0 Å². The molecule has 0 saturated heterocycles.